The van der Waals surface area contributed by atoms with Crippen LogP contribution in [0.4, 0.5) is 5.69 Å². The molecule has 166 valence electrons. The number of hydrogen-bond donors (Lipinski definition) is 1. The maximum Gasteiger partial charge on any atom is 0.269 e. The van der Waals surface area contributed by atoms with Crippen molar-refractivity contribution in [3.63, 3.8) is 0 Å². The molecule has 2 amide bonds. The largest absolute Gasteiger partial charge is 0.497 e. The van der Waals surface area contributed by atoms with Gasteiger partial charge in [-0.3, -0.25) is 19.7 Å². The van der Waals surface area contributed by atoms with Crippen molar-refractivity contribution < 1.29 is 19.2 Å². The van der Waals surface area contributed by atoms with Crippen LogP contribution in [0.15, 0.2) is 48.5 Å². The average Bonchev–Trinajstić information content (AvgIpc) is 2.77. The molecule has 0 aliphatic carbocycles. The minimum atomic E-state index is -0.616. The van der Waals surface area contributed by atoms with Crippen molar-refractivity contribution in [2.24, 2.45) is 0 Å². The van der Waals surface area contributed by atoms with E-state index in [-0.39, 0.29) is 23.3 Å². The molecule has 0 unspecified atom stereocenters. The number of nitro groups is 1. The lowest BCUT2D eigenvalue weighted by atomic mass is 10.1. The summed E-state index contributed by atoms with van der Waals surface area (Å²) in [6, 6.07) is 13.0. The maximum atomic E-state index is 13.0. The number of benzene rings is 2. The fourth-order valence-electron chi connectivity index (χ4n) is 2.89. The molecule has 1 atom stereocenters. The monoisotopic (exact) mass is 445 g/mol. The molecule has 0 aromatic heterocycles. The van der Waals surface area contributed by atoms with E-state index in [0.717, 1.165) is 16.9 Å². The summed E-state index contributed by atoms with van der Waals surface area (Å²) >= 11 is 1.40. The van der Waals surface area contributed by atoms with E-state index in [1.807, 2.05) is 31.2 Å². The van der Waals surface area contributed by atoms with Crippen molar-refractivity contribution in [1.82, 2.24) is 10.2 Å². The quantitative estimate of drug-likeness (QED) is 0.420. The van der Waals surface area contributed by atoms with E-state index in [1.54, 1.807) is 31.1 Å². The van der Waals surface area contributed by atoms with E-state index in [9.17, 15) is 19.7 Å². The molecule has 0 fully saturated rings. The highest BCUT2D eigenvalue weighted by atomic mass is 32.2. The van der Waals surface area contributed by atoms with E-state index in [0.29, 0.717) is 18.8 Å². The second kappa shape index (κ2) is 11.9. The SMILES string of the molecule is CCNC(=O)[C@@H](C)N(Cc1ccc(OC)cc1)C(=O)CSCc1ccc([N+](=O)[O-])cc1. The van der Waals surface area contributed by atoms with Gasteiger partial charge in [0.1, 0.15) is 11.8 Å². The molecule has 0 heterocycles. The summed E-state index contributed by atoms with van der Waals surface area (Å²) in [7, 11) is 1.59. The van der Waals surface area contributed by atoms with Gasteiger partial charge >= 0.3 is 0 Å². The Morgan fingerprint density at radius 2 is 1.74 bits per heavy atom. The average molecular weight is 446 g/mol. The summed E-state index contributed by atoms with van der Waals surface area (Å²) in [5.41, 5.74) is 1.82. The van der Waals surface area contributed by atoms with E-state index < -0.39 is 11.0 Å². The summed E-state index contributed by atoms with van der Waals surface area (Å²) in [4.78, 5) is 37.2. The number of non-ortho nitro benzene ring substituents is 1. The fourth-order valence-corrected chi connectivity index (χ4v) is 3.76. The number of nitrogens with one attached hydrogen (secondary N) is 1. The molecule has 2 aromatic carbocycles. The molecule has 0 saturated carbocycles. The van der Waals surface area contributed by atoms with Gasteiger partial charge in [-0.1, -0.05) is 24.3 Å². The van der Waals surface area contributed by atoms with Crippen LogP contribution in [0, 0.1) is 10.1 Å². The van der Waals surface area contributed by atoms with Gasteiger partial charge in [0.2, 0.25) is 11.8 Å². The number of nitro benzene ring substituents is 1. The van der Waals surface area contributed by atoms with E-state index in [1.165, 1.54) is 23.9 Å². The van der Waals surface area contributed by atoms with Crippen LogP contribution in [-0.4, -0.2) is 47.1 Å². The van der Waals surface area contributed by atoms with Crippen LogP contribution in [0.25, 0.3) is 0 Å². The molecule has 2 rings (SSSR count). The number of likely N-dealkylation sites (N-methyl/N-ethyl adjacent to an activating group) is 1. The van der Waals surface area contributed by atoms with Gasteiger partial charge in [0, 0.05) is 31.0 Å². The summed E-state index contributed by atoms with van der Waals surface area (Å²) in [5.74, 6) is 1.09. The predicted molar refractivity (Wildman–Crippen MR) is 121 cm³/mol. The van der Waals surface area contributed by atoms with E-state index >= 15 is 0 Å². The Labute approximate surface area is 186 Å². The zero-order valence-electron chi connectivity index (χ0n) is 17.9. The number of hydrogen-bond acceptors (Lipinski definition) is 6. The molecule has 0 radical (unpaired) electrons. The molecule has 0 aliphatic rings. The number of nitrogens with zero attached hydrogens (tertiary/aromatic N) is 2. The smallest absolute Gasteiger partial charge is 0.269 e. The van der Waals surface area contributed by atoms with Crippen LogP contribution in [0.5, 0.6) is 5.75 Å². The van der Waals surface area contributed by atoms with E-state index in [2.05, 4.69) is 5.32 Å². The molecule has 9 heteroatoms. The molecule has 0 aliphatic heterocycles. The number of ether oxygens (including phenoxy) is 1. The Kier molecular flexibility index (Phi) is 9.33. The highest BCUT2D eigenvalue weighted by molar-refractivity contribution is 7.99. The number of carbonyl (C=O) groups is 2. The topological polar surface area (TPSA) is 102 Å². The minimum Gasteiger partial charge on any atom is -0.497 e. The van der Waals surface area contributed by atoms with Crippen LogP contribution in [0.3, 0.4) is 0 Å². The lowest BCUT2D eigenvalue weighted by Gasteiger charge is -2.28. The third-order valence-electron chi connectivity index (χ3n) is 4.67. The lowest BCUT2D eigenvalue weighted by Crippen LogP contribution is -2.48. The van der Waals surface area contributed by atoms with Gasteiger partial charge in [0.25, 0.3) is 5.69 Å². The van der Waals surface area contributed by atoms with Gasteiger partial charge in [-0.25, -0.2) is 0 Å². The van der Waals surface area contributed by atoms with Gasteiger partial charge in [0.05, 0.1) is 17.8 Å². The number of amides is 2. The molecule has 8 nitrogen and oxygen atoms in total. The first-order valence-corrected chi connectivity index (χ1v) is 11.0. The molecular formula is C22H27N3O5S. The number of rotatable bonds is 11. The Morgan fingerprint density at radius 3 is 2.29 bits per heavy atom. The molecule has 0 spiro atoms. The molecule has 2 aromatic rings. The first kappa shape index (κ1) is 24.2. The second-order valence-corrected chi connectivity index (χ2v) is 7.84. The van der Waals surface area contributed by atoms with Crippen molar-refractivity contribution >= 4 is 29.3 Å². The molecule has 31 heavy (non-hydrogen) atoms. The second-order valence-electron chi connectivity index (χ2n) is 6.86. The minimum absolute atomic E-state index is 0.0336. The molecule has 0 saturated heterocycles. The van der Waals surface area contributed by atoms with Crippen LogP contribution in [-0.2, 0) is 21.9 Å². The lowest BCUT2D eigenvalue weighted by molar-refractivity contribution is -0.384. The first-order valence-electron chi connectivity index (χ1n) is 9.86. The molecular weight excluding hydrogens is 418 g/mol. The van der Waals surface area contributed by atoms with E-state index in [4.69, 9.17) is 4.74 Å². The Morgan fingerprint density at radius 1 is 1.13 bits per heavy atom. The predicted octanol–water partition coefficient (Wildman–Crippen LogP) is 3.39. The van der Waals surface area contributed by atoms with Crippen LogP contribution >= 0.6 is 11.8 Å². The number of carbonyl (C=O) groups excluding carboxylic acids is 2. The van der Waals surface area contributed by atoms with Crippen molar-refractivity contribution in [3.05, 3.63) is 69.8 Å². The third-order valence-corrected chi connectivity index (χ3v) is 5.66. The summed E-state index contributed by atoms with van der Waals surface area (Å²) in [6.07, 6.45) is 0. The number of methoxy groups -OCH3 is 1. The summed E-state index contributed by atoms with van der Waals surface area (Å²) in [5, 5.41) is 13.5. The van der Waals surface area contributed by atoms with Crippen LogP contribution in [0.2, 0.25) is 0 Å². The van der Waals surface area contributed by atoms with Crippen molar-refractivity contribution in [2.45, 2.75) is 32.2 Å². The Balaban J connectivity index is 2.03. The van der Waals surface area contributed by atoms with Gasteiger partial charge in [-0.15, -0.1) is 11.8 Å². The highest BCUT2D eigenvalue weighted by Crippen LogP contribution is 2.19. The highest BCUT2D eigenvalue weighted by Gasteiger charge is 2.25. The van der Waals surface area contributed by atoms with Gasteiger partial charge in [-0.05, 0) is 37.1 Å². The van der Waals surface area contributed by atoms with Crippen molar-refractivity contribution in [2.75, 3.05) is 19.4 Å². The Bertz CT molecular complexity index is 887. The number of thioether (sulfide) groups is 1. The maximum absolute atomic E-state index is 13.0. The summed E-state index contributed by atoms with van der Waals surface area (Å²) < 4.78 is 5.17. The van der Waals surface area contributed by atoms with Gasteiger partial charge in [0.15, 0.2) is 0 Å². The van der Waals surface area contributed by atoms with Crippen molar-refractivity contribution in [3.8, 4) is 5.75 Å². The third kappa shape index (κ3) is 7.29. The fraction of sp³-hybridized carbons (Fsp3) is 0.364. The first-order chi connectivity index (χ1) is 14.8. The molecule has 0 bridgehead atoms. The summed E-state index contributed by atoms with van der Waals surface area (Å²) in [6.45, 7) is 4.34. The zero-order valence-corrected chi connectivity index (χ0v) is 18.7. The van der Waals surface area contributed by atoms with Crippen LogP contribution < -0.4 is 10.1 Å². The Hall–Kier alpha value is -3.07. The standard InChI is InChI=1S/C22H27N3O5S/c1-4-23-22(27)16(2)24(13-17-7-11-20(30-3)12-8-17)21(26)15-31-14-18-5-9-19(10-6-18)25(28)29/h5-12,16H,4,13-15H2,1-3H3,(H,23,27)/t16-/m1/s1. The zero-order chi connectivity index (χ0) is 22.8. The van der Waals surface area contributed by atoms with Crippen LogP contribution in [0.1, 0.15) is 25.0 Å². The van der Waals surface area contributed by atoms with Gasteiger partial charge < -0.3 is 15.0 Å². The molecule has 1 N–H and O–H groups in total. The van der Waals surface area contributed by atoms with Gasteiger partial charge in [-0.2, -0.15) is 0 Å². The van der Waals surface area contributed by atoms with Crippen molar-refractivity contribution in [1.29, 1.82) is 0 Å². The normalized spacial score (nSPS) is 11.5.